The number of carbonyl (C=O) groups is 1. The predicted octanol–water partition coefficient (Wildman–Crippen LogP) is 4.04. The maximum atomic E-state index is 13.4. The fraction of sp³-hybridized carbons (Fsp3) is 0.440. The number of anilines is 1. The number of halogens is 1. The van der Waals surface area contributed by atoms with Gasteiger partial charge in [-0.15, -0.1) is 0 Å². The van der Waals surface area contributed by atoms with Crippen LogP contribution < -0.4 is 14.8 Å². The maximum Gasteiger partial charge on any atom is 0.254 e. The third-order valence-electron chi connectivity index (χ3n) is 5.45. The van der Waals surface area contributed by atoms with Crippen molar-refractivity contribution >= 4 is 28.9 Å². The van der Waals surface area contributed by atoms with Crippen molar-refractivity contribution in [2.75, 3.05) is 52.3 Å². The number of methoxy groups -OCH3 is 2. The van der Waals surface area contributed by atoms with Crippen LogP contribution >= 0.6 is 12.2 Å². The van der Waals surface area contributed by atoms with Gasteiger partial charge in [0.05, 0.1) is 26.9 Å². The van der Waals surface area contributed by atoms with E-state index in [1.807, 2.05) is 9.80 Å². The first-order chi connectivity index (χ1) is 16.3. The van der Waals surface area contributed by atoms with E-state index in [9.17, 15) is 9.18 Å². The van der Waals surface area contributed by atoms with Crippen molar-refractivity contribution in [1.29, 1.82) is 0 Å². The van der Waals surface area contributed by atoms with E-state index in [0.29, 0.717) is 55.0 Å². The van der Waals surface area contributed by atoms with Gasteiger partial charge in [0.25, 0.3) is 5.91 Å². The Kier molecular flexibility index (Phi) is 9.06. The van der Waals surface area contributed by atoms with E-state index < -0.39 is 0 Å². The van der Waals surface area contributed by atoms with E-state index in [4.69, 9.17) is 26.4 Å². The number of rotatable bonds is 8. The summed E-state index contributed by atoms with van der Waals surface area (Å²) in [6.45, 7) is 6.84. The molecule has 1 aliphatic heterocycles. The molecule has 0 aromatic heterocycles. The molecule has 0 bridgehead atoms. The fourth-order valence-corrected chi connectivity index (χ4v) is 4.11. The molecule has 1 N–H and O–H groups in total. The van der Waals surface area contributed by atoms with Crippen molar-refractivity contribution in [3.63, 3.8) is 0 Å². The number of nitrogens with one attached hydrogen (secondary N) is 1. The van der Waals surface area contributed by atoms with Crippen molar-refractivity contribution in [2.24, 2.45) is 5.92 Å². The van der Waals surface area contributed by atoms with Crippen LogP contribution in [0.2, 0.25) is 0 Å². The van der Waals surface area contributed by atoms with Gasteiger partial charge in [-0.1, -0.05) is 13.8 Å². The zero-order valence-electron chi connectivity index (χ0n) is 20.0. The lowest BCUT2D eigenvalue weighted by Gasteiger charge is -2.37. The Labute approximate surface area is 205 Å². The van der Waals surface area contributed by atoms with Gasteiger partial charge in [0, 0.05) is 37.4 Å². The zero-order chi connectivity index (χ0) is 24.7. The molecule has 0 unspecified atom stereocenters. The van der Waals surface area contributed by atoms with Crippen LogP contribution in [0.3, 0.4) is 0 Å². The average Bonchev–Trinajstić information content (AvgIpc) is 2.84. The van der Waals surface area contributed by atoms with Crippen molar-refractivity contribution in [3.8, 4) is 11.5 Å². The van der Waals surface area contributed by atoms with Gasteiger partial charge < -0.3 is 29.3 Å². The second kappa shape index (κ2) is 12.0. The first-order valence-corrected chi connectivity index (χ1v) is 11.7. The second-order valence-electron chi connectivity index (χ2n) is 8.55. The highest BCUT2D eigenvalue weighted by Crippen LogP contribution is 2.28. The number of morpholine rings is 1. The maximum absolute atomic E-state index is 13.4. The molecule has 1 aliphatic rings. The third kappa shape index (κ3) is 6.80. The molecule has 1 atom stereocenters. The lowest BCUT2D eigenvalue weighted by Crippen LogP contribution is -2.52. The zero-order valence-corrected chi connectivity index (χ0v) is 20.9. The molecule has 1 saturated heterocycles. The van der Waals surface area contributed by atoms with Gasteiger partial charge >= 0.3 is 0 Å². The molecule has 0 aliphatic carbocycles. The molecule has 9 heteroatoms. The third-order valence-corrected chi connectivity index (χ3v) is 5.81. The van der Waals surface area contributed by atoms with Crippen molar-refractivity contribution < 1.29 is 23.4 Å². The Bertz CT molecular complexity index is 987. The molecule has 7 nitrogen and oxygen atoms in total. The summed E-state index contributed by atoms with van der Waals surface area (Å²) < 4.78 is 29.8. The van der Waals surface area contributed by atoms with E-state index in [2.05, 4.69) is 19.2 Å². The Hall–Kier alpha value is -2.91. The molecule has 34 heavy (non-hydrogen) atoms. The number of carbonyl (C=O) groups excluding carboxylic acids is 1. The van der Waals surface area contributed by atoms with Crippen LogP contribution in [-0.4, -0.2) is 73.9 Å². The molecule has 0 spiro atoms. The first kappa shape index (κ1) is 25.7. The summed E-state index contributed by atoms with van der Waals surface area (Å²) in [5.41, 5.74) is 1.25. The number of hydrogen-bond donors (Lipinski definition) is 1. The fourth-order valence-electron chi connectivity index (χ4n) is 3.83. The summed E-state index contributed by atoms with van der Waals surface area (Å²) in [7, 11) is 3.11. The standard InChI is InChI=1S/C25H32FN3O4S/c1-17(2)14-29(24(30)18-5-10-22(31-3)23(13-18)32-4)16-21-15-28(11-12-33-21)25(34)27-20-8-6-19(26)7-9-20/h5-10,13,17,21H,11-12,14-16H2,1-4H3,(H,27,34)/t21-/m1/s1. The van der Waals surface area contributed by atoms with Gasteiger partial charge in [-0.25, -0.2) is 4.39 Å². The molecule has 2 aromatic carbocycles. The first-order valence-electron chi connectivity index (χ1n) is 11.2. The summed E-state index contributed by atoms with van der Waals surface area (Å²) in [5.74, 6) is 0.970. The van der Waals surface area contributed by atoms with Crippen LogP contribution in [0, 0.1) is 11.7 Å². The summed E-state index contributed by atoms with van der Waals surface area (Å²) in [4.78, 5) is 17.2. The van der Waals surface area contributed by atoms with Crippen LogP contribution in [-0.2, 0) is 4.74 Å². The molecule has 184 valence electrons. The molecule has 0 radical (unpaired) electrons. The molecule has 1 heterocycles. The monoisotopic (exact) mass is 489 g/mol. The lowest BCUT2D eigenvalue weighted by atomic mass is 10.1. The molecule has 1 amide bonds. The van der Waals surface area contributed by atoms with Gasteiger partial charge in [0.1, 0.15) is 5.82 Å². The number of ether oxygens (including phenoxy) is 3. The largest absolute Gasteiger partial charge is 0.493 e. The van der Waals surface area contributed by atoms with E-state index in [-0.39, 0.29) is 23.7 Å². The quantitative estimate of drug-likeness (QED) is 0.562. The number of amides is 1. The van der Waals surface area contributed by atoms with Gasteiger partial charge in [-0.3, -0.25) is 4.79 Å². The van der Waals surface area contributed by atoms with Crippen molar-refractivity contribution in [2.45, 2.75) is 20.0 Å². The minimum Gasteiger partial charge on any atom is -0.493 e. The van der Waals surface area contributed by atoms with Crippen molar-refractivity contribution in [3.05, 3.63) is 53.8 Å². The minimum absolute atomic E-state index is 0.0950. The smallest absolute Gasteiger partial charge is 0.254 e. The summed E-state index contributed by atoms with van der Waals surface area (Å²) in [6, 6.07) is 11.2. The lowest BCUT2D eigenvalue weighted by molar-refractivity contribution is -0.0215. The molecule has 2 aromatic rings. The predicted molar refractivity (Wildman–Crippen MR) is 134 cm³/mol. The van der Waals surface area contributed by atoms with E-state index in [1.165, 1.54) is 12.1 Å². The minimum atomic E-state index is -0.299. The van der Waals surface area contributed by atoms with Crippen LogP contribution in [0.15, 0.2) is 42.5 Å². The topological polar surface area (TPSA) is 63.3 Å². The molecule has 1 fully saturated rings. The van der Waals surface area contributed by atoms with Crippen molar-refractivity contribution in [1.82, 2.24) is 9.80 Å². The second-order valence-corrected chi connectivity index (χ2v) is 8.94. The van der Waals surface area contributed by atoms with E-state index in [1.54, 1.807) is 44.6 Å². The Morgan fingerprint density at radius 1 is 1.21 bits per heavy atom. The highest BCUT2D eigenvalue weighted by Gasteiger charge is 2.27. The van der Waals surface area contributed by atoms with Crippen LogP contribution in [0.1, 0.15) is 24.2 Å². The highest BCUT2D eigenvalue weighted by atomic mass is 32.1. The van der Waals surface area contributed by atoms with Crippen LogP contribution in [0.4, 0.5) is 10.1 Å². The van der Waals surface area contributed by atoms with Crippen LogP contribution in [0.25, 0.3) is 0 Å². The Balaban J connectivity index is 1.68. The molecular weight excluding hydrogens is 457 g/mol. The Morgan fingerprint density at radius 3 is 2.56 bits per heavy atom. The number of thiocarbonyl (C=S) groups is 1. The molecule has 0 saturated carbocycles. The molecule has 3 rings (SSSR count). The van der Waals surface area contributed by atoms with Gasteiger partial charge in [0.2, 0.25) is 0 Å². The Morgan fingerprint density at radius 2 is 1.91 bits per heavy atom. The number of hydrogen-bond acceptors (Lipinski definition) is 5. The van der Waals surface area contributed by atoms with E-state index in [0.717, 1.165) is 5.69 Å². The van der Waals surface area contributed by atoms with Gasteiger partial charge in [0.15, 0.2) is 16.6 Å². The van der Waals surface area contributed by atoms with Crippen LogP contribution in [0.5, 0.6) is 11.5 Å². The molecular formula is C25H32FN3O4S. The number of benzene rings is 2. The van der Waals surface area contributed by atoms with Gasteiger partial charge in [-0.2, -0.15) is 0 Å². The SMILES string of the molecule is COc1ccc(C(=O)N(CC(C)C)C[C@H]2CN(C(=S)Nc3ccc(F)cc3)CCO2)cc1OC. The van der Waals surface area contributed by atoms with Gasteiger partial charge in [-0.05, 0) is 60.6 Å². The van der Waals surface area contributed by atoms with E-state index >= 15 is 0 Å². The summed E-state index contributed by atoms with van der Waals surface area (Å²) >= 11 is 5.56. The summed E-state index contributed by atoms with van der Waals surface area (Å²) in [6.07, 6.45) is -0.204. The average molecular weight is 490 g/mol. The highest BCUT2D eigenvalue weighted by molar-refractivity contribution is 7.80. The summed E-state index contributed by atoms with van der Waals surface area (Å²) in [5, 5.41) is 3.69. The number of nitrogens with zero attached hydrogens (tertiary/aromatic N) is 2. The normalized spacial score (nSPS) is 15.7.